The van der Waals surface area contributed by atoms with E-state index in [4.69, 9.17) is 9.47 Å². The van der Waals surface area contributed by atoms with Crippen LogP contribution in [0.3, 0.4) is 0 Å². The van der Waals surface area contributed by atoms with Crippen LogP contribution in [0.2, 0.25) is 0 Å². The molecule has 1 aliphatic heterocycles. The van der Waals surface area contributed by atoms with Gasteiger partial charge in [-0.2, -0.15) is 0 Å². The van der Waals surface area contributed by atoms with Crippen LogP contribution in [0.25, 0.3) is 5.69 Å². The Labute approximate surface area is 150 Å². The lowest BCUT2D eigenvalue weighted by molar-refractivity contribution is -0.116. The van der Waals surface area contributed by atoms with E-state index in [-0.39, 0.29) is 11.8 Å². The summed E-state index contributed by atoms with van der Waals surface area (Å²) in [5.41, 5.74) is 2.62. The average Bonchev–Trinajstić information content (AvgIpc) is 3.11. The Balaban J connectivity index is 1.79. The summed E-state index contributed by atoms with van der Waals surface area (Å²) in [6, 6.07) is 9.45. The third-order valence-electron chi connectivity index (χ3n) is 4.51. The Morgan fingerprint density at radius 1 is 1.19 bits per heavy atom. The number of hydrogen-bond acceptors (Lipinski definition) is 5. The molecule has 3 aromatic rings. The number of pyridine rings is 1. The zero-order chi connectivity index (χ0) is 18.1. The van der Waals surface area contributed by atoms with Crippen molar-refractivity contribution in [3.8, 4) is 17.2 Å². The summed E-state index contributed by atoms with van der Waals surface area (Å²) < 4.78 is 12.5. The molecule has 26 heavy (non-hydrogen) atoms. The summed E-state index contributed by atoms with van der Waals surface area (Å²) in [6.45, 7) is 0. The first-order valence-electron chi connectivity index (χ1n) is 8.20. The van der Waals surface area contributed by atoms with Gasteiger partial charge in [-0.1, -0.05) is 6.07 Å². The Bertz CT molecular complexity index is 953. The predicted molar refractivity (Wildman–Crippen MR) is 96.0 cm³/mol. The molecule has 0 bridgehead atoms. The number of fused-ring (bicyclic) bond motifs is 1. The predicted octanol–water partition coefficient (Wildman–Crippen LogP) is 2.76. The van der Waals surface area contributed by atoms with Crippen molar-refractivity contribution in [3.05, 3.63) is 60.3 Å². The maximum absolute atomic E-state index is 12.3. The first-order valence-corrected chi connectivity index (χ1v) is 8.20. The summed E-state index contributed by atoms with van der Waals surface area (Å²) in [6.07, 6.45) is 5.47. The lowest BCUT2D eigenvalue weighted by Crippen LogP contribution is -2.25. The van der Waals surface area contributed by atoms with Crippen molar-refractivity contribution in [2.45, 2.75) is 12.3 Å². The normalized spacial score (nSPS) is 15.9. The molecule has 0 spiro atoms. The molecular formula is C19H18N4O3. The van der Waals surface area contributed by atoms with Crippen molar-refractivity contribution in [2.24, 2.45) is 0 Å². The molecule has 0 saturated heterocycles. The van der Waals surface area contributed by atoms with Crippen LogP contribution in [0.15, 0.2) is 49.1 Å². The van der Waals surface area contributed by atoms with E-state index in [9.17, 15) is 4.79 Å². The van der Waals surface area contributed by atoms with Gasteiger partial charge in [-0.15, -0.1) is 0 Å². The molecule has 1 atom stereocenters. The third kappa shape index (κ3) is 2.67. The number of imidazole rings is 1. The molecule has 0 fully saturated rings. The number of amides is 1. The summed E-state index contributed by atoms with van der Waals surface area (Å²) >= 11 is 0. The highest BCUT2D eigenvalue weighted by Crippen LogP contribution is 2.40. The molecule has 1 N–H and O–H groups in total. The van der Waals surface area contributed by atoms with Crippen molar-refractivity contribution >= 4 is 11.7 Å². The van der Waals surface area contributed by atoms with Gasteiger partial charge in [0.05, 0.1) is 31.8 Å². The number of carbonyl (C=O) groups is 1. The van der Waals surface area contributed by atoms with Crippen molar-refractivity contribution < 1.29 is 14.3 Å². The van der Waals surface area contributed by atoms with Gasteiger partial charge >= 0.3 is 0 Å². The van der Waals surface area contributed by atoms with Crippen LogP contribution in [0.5, 0.6) is 11.5 Å². The Morgan fingerprint density at radius 3 is 2.77 bits per heavy atom. The highest BCUT2D eigenvalue weighted by Gasteiger charge is 2.31. The molecule has 0 saturated carbocycles. The standard InChI is InChI=1S/C19H18N4O3/c1-25-15-6-5-12(8-16(15)26-2)14-9-17(24)22-19-18(14)21-11-23(19)13-4-3-7-20-10-13/h3-8,10-11,14H,9H2,1-2H3,(H,22,24)/t14-/m0/s1. The van der Waals surface area contributed by atoms with Crippen molar-refractivity contribution in [2.75, 3.05) is 19.5 Å². The van der Waals surface area contributed by atoms with E-state index in [1.165, 1.54) is 0 Å². The van der Waals surface area contributed by atoms with Gasteiger partial charge in [-0.05, 0) is 29.8 Å². The molecule has 0 aliphatic carbocycles. The first kappa shape index (κ1) is 16.1. The minimum atomic E-state index is -0.156. The number of methoxy groups -OCH3 is 2. The molecule has 7 heteroatoms. The first-order chi connectivity index (χ1) is 12.7. The topological polar surface area (TPSA) is 78.3 Å². The molecular weight excluding hydrogens is 332 g/mol. The molecule has 0 unspecified atom stereocenters. The van der Waals surface area contributed by atoms with Gasteiger partial charge in [0.1, 0.15) is 12.1 Å². The molecule has 7 nitrogen and oxygen atoms in total. The SMILES string of the molecule is COc1ccc([C@@H]2CC(=O)Nc3c2ncn3-c2cccnc2)cc1OC. The number of anilines is 1. The number of rotatable bonds is 4. The molecule has 1 aromatic carbocycles. The minimum Gasteiger partial charge on any atom is -0.493 e. The van der Waals surface area contributed by atoms with E-state index in [2.05, 4.69) is 15.3 Å². The van der Waals surface area contributed by atoms with Crippen LogP contribution in [0.1, 0.15) is 23.6 Å². The monoisotopic (exact) mass is 350 g/mol. The van der Waals surface area contributed by atoms with Gasteiger partial charge in [0.15, 0.2) is 11.5 Å². The van der Waals surface area contributed by atoms with Crippen LogP contribution >= 0.6 is 0 Å². The second kappa shape index (κ2) is 6.51. The lowest BCUT2D eigenvalue weighted by Gasteiger charge is -2.24. The quantitative estimate of drug-likeness (QED) is 0.783. The number of carbonyl (C=O) groups excluding carboxylic acids is 1. The Hall–Kier alpha value is -3.35. The van der Waals surface area contributed by atoms with Crippen molar-refractivity contribution in [1.29, 1.82) is 0 Å². The van der Waals surface area contributed by atoms with Gasteiger partial charge in [0, 0.05) is 18.5 Å². The molecule has 4 rings (SSSR count). The van der Waals surface area contributed by atoms with Crippen LogP contribution < -0.4 is 14.8 Å². The van der Waals surface area contributed by atoms with Gasteiger partial charge < -0.3 is 14.8 Å². The fourth-order valence-electron chi connectivity index (χ4n) is 3.24. The summed E-state index contributed by atoms with van der Waals surface area (Å²) in [5, 5.41) is 2.94. The second-order valence-electron chi connectivity index (χ2n) is 5.98. The maximum atomic E-state index is 12.3. The number of benzene rings is 1. The molecule has 1 amide bonds. The summed E-state index contributed by atoms with van der Waals surface area (Å²) in [7, 11) is 3.19. The third-order valence-corrected chi connectivity index (χ3v) is 4.51. The van der Waals surface area contributed by atoms with E-state index in [0.717, 1.165) is 16.9 Å². The Kier molecular flexibility index (Phi) is 4.04. The smallest absolute Gasteiger partial charge is 0.226 e. The van der Waals surface area contributed by atoms with E-state index in [1.807, 2.05) is 34.9 Å². The van der Waals surface area contributed by atoms with Gasteiger partial charge in [0.25, 0.3) is 0 Å². The fraction of sp³-hybridized carbons (Fsp3) is 0.211. The zero-order valence-electron chi connectivity index (χ0n) is 14.5. The zero-order valence-corrected chi connectivity index (χ0v) is 14.5. The van der Waals surface area contributed by atoms with E-state index in [1.54, 1.807) is 32.9 Å². The fourth-order valence-corrected chi connectivity index (χ4v) is 3.24. The summed E-state index contributed by atoms with van der Waals surface area (Å²) in [5.74, 6) is 1.75. The second-order valence-corrected chi connectivity index (χ2v) is 5.98. The van der Waals surface area contributed by atoms with E-state index < -0.39 is 0 Å². The molecule has 2 aromatic heterocycles. The van der Waals surface area contributed by atoms with E-state index in [0.29, 0.717) is 23.7 Å². The van der Waals surface area contributed by atoms with Crippen LogP contribution in [-0.4, -0.2) is 34.7 Å². The molecule has 132 valence electrons. The summed E-state index contributed by atoms with van der Waals surface area (Å²) in [4.78, 5) is 21.1. The van der Waals surface area contributed by atoms with Crippen LogP contribution in [0, 0.1) is 0 Å². The highest BCUT2D eigenvalue weighted by molar-refractivity contribution is 5.94. The molecule has 0 radical (unpaired) electrons. The number of ether oxygens (including phenoxy) is 2. The number of nitrogens with zero attached hydrogens (tertiary/aromatic N) is 3. The van der Waals surface area contributed by atoms with Gasteiger partial charge in [-0.25, -0.2) is 4.98 Å². The molecule has 3 heterocycles. The van der Waals surface area contributed by atoms with Gasteiger partial charge in [0.2, 0.25) is 5.91 Å². The number of aromatic nitrogens is 3. The highest BCUT2D eigenvalue weighted by atomic mass is 16.5. The Morgan fingerprint density at radius 2 is 2.04 bits per heavy atom. The van der Waals surface area contributed by atoms with Crippen LogP contribution in [0.4, 0.5) is 5.82 Å². The van der Waals surface area contributed by atoms with E-state index >= 15 is 0 Å². The van der Waals surface area contributed by atoms with Crippen LogP contribution in [-0.2, 0) is 4.79 Å². The lowest BCUT2D eigenvalue weighted by atomic mass is 9.89. The molecule has 1 aliphatic rings. The number of nitrogens with one attached hydrogen (secondary N) is 1. The average molecular weight is 350 g/mol. The maximum Gasteiger partial charge on any atom is 0.226 e. The number of hydrogen-bond donors (Lipinski definition) is 1. The minimum absolute atomic E-state index is 0.0528. The van der Waals surface area contributed by atoms with Crippen molar-refractivity contribution in [1.82, 2.24) is 14.5 Å². The van der Waals surface area contributed by atoms with Gasteiger partial charge in [-0.3, -0.25) is 14.3 Å². The largest absolute Gasteiger partial charge is 0.493 e. The van der Waals surface area contributed by atoms with Crippen molar-refractivity contribution in [3.63, 3.8) is 0 Å².